The van der Waals surface area contributed by atoms with E-state index in [0.29, 0.717) is 6.42 Å². The van der Waals surface area contributed by atoms with Crippen molar-refractivity contribution in [1.82, 2.24) is 14.8 Å². The molecule has 1 atom stereocenters. The molecule has 0 saturated heterocycles. The van der Waals surface area contributed by atoms with Crippen molar-refractivity contribution in [2.45, 2.75) is 25.7 Å². The first-order valence-corrected chi connectivity index (χ1v) is 9.91. The number of thiophene rings is 1. The number of fused-ring (bicyclic) bond motifs is 2. The molecule has 0 spiro atoms. The molecule has 0 saturated carbocycles. The molecule has 0 aliphatic heterocycles. The van der Waals surface area contributed by atoms with Gasteiger partial charge in [0, 0.05) is 17.2 Å². The summed E-state index contributed by atoms with van der Waals surface area (Å²) in [5.41, 5.74) is 3.59. The molecule has 25 heavy (non-hydrogen) atoms. The first-order chi connectivity index (χ1) is 12.2. The number of rotatable bonds is 2. The van der Waals surface area contributed by atoms with E-state index in [9.17, 15) is 4.79 Å². The van der Waals surface area contributed by atoms with Gasteiger partial charge in [0.05, 0.1) is 27.2 Å². The number of Topliss-reactive ketones (excluding diaryl/α,β-unsaturated/α-hetero) is 1. The summed E-state index contributed by atoms with van der Waals surface area (Å²) in [6, 6.07) is 12.3. The monoisotopic (exact) mass is 365 g/mol. The molecule has 3 aromatic heterocycles. The molecule has 1 aliphatic carbocycles. The Bertz CT molecular complexity index is 1060. The Morgan fingerprint density at radius 3 is 2.84 bits per heavy atom. The number of aromatic nitrogens is 3. The average Bonchev–Trinajstić information content (AvgIpc) is 3.32. The number of nitrogens with zero attached hydrogens (tertiary/aromatic N) is 3. The standard InChI is InChI=1S/C19H15N3OS2/c1-11-18-14(9-12(10-15(18)23)16-7-4-8-24-16)22(21-11)19-20-13-5-2-3-6-17(13)25-19/h2-8,12H,9-10H2,1H3/t12-/m0/s1. The molecular formula is C19H15N3OS2. The highest BCUT2D eigenvalue weighted by Crippen LogP contribution is 2.37. The summed E-state index contributed by atoms with van der Waals surface area (Å²) in [6.45, 7) is 1.92. The van der Waals surface area contributed by atoms with E-state index in [1.807, 2.05) is 29.8 Å². The van der Waals surface area contributed by atoms with Crippen LogP contribution in [0.3, 0.4) is 0 Å². The molecule has 1 aromatic carbocycles. The Labute approximate surface area is 152 Å². The summed E-state index contributed by atoms with van der Waals surface area (Å²) in [6.07, 6.45) is 1.40. The van der Waals surface area contributed by atoms with Gasteiger partial charge in [0.15, 0.2) is 5.78 Å². The molecule has 124 valence electrons. The molecule has 4 nitrogen and oxygen atoms in total. The van der Waals surface area contributed by atoms with Crippen LogP contribution >= 0.6 is 22.7 Å². The predicted octanol–water partition coefficient (Wildman–Crippen LogP) is 4.76. The fourth-order valence-corrected chi connectivity index (χ4v) is 5.36. The van der Waals surface area contributed by atoms with Gasteiger partial charge in [-0.05, 0) is 36.9 Å². The van der Waals surface area contributed by atoms with Crippen LogP contribution in [0.15, 0.2) is 41.8 Å². The van der Waals surface area contributed by atoms with E-state index in [1.165, 1.54) is 4.88 Å². The molecule has 0 unspecified atom stereocenters. The first-order valence-electron chi connectivity index (χ1n) is 8.22. The van der Waals surface area contributed by atoms with E-state index in [2.05, 4.69) is 28.7 Å². The number of aryl methyl sites for hydroxylation is 1. The fraction of sp³-hybridized carbons (Fsp3) is 0.211. The predicted molar refractivity (Wildman–Crippen MR) is 101 cm³/mol. The molecule has 5 rings (SSSR count). The summed E-state index contributed by atoms with van der Waals surface area (Å²) in [5, 5.41) is 7.58. The molecular weight excluding hydrogens is 350 g/mol. The van der Waals surface area contributed by atoms with E-state index in [1.54, 1.807) is 22.7 Å². The summed E-state index contributed by atoms with van der Waals surface area (Å²) in [7, 11) is 0. The third kappa shape index (κ3) is 2.36. The lowest BCUT2D eigenvalue weighted by Crippen LogP contribution is -2.20. The van der Waals surface area contributed by atoms with Gasteiger partial charge < -0.3 is 0 Å². The first kappa shape index (κ1) is 15.0. The highest BCUT2D eigenvalue weighted by Gasteiger charge is 2.33. The zero-order valence-corrected chi connectivity index (χ0v) is 15.2. The van der Waals surface area contributed by atoms with Gasteiger partial charge in [-0.25, -0.2) is 9.67 Å². The van der Waals surface area contributed by atoms with Crippen LogP contribution in [0.2, 0.25) is 0 Å². The van der Waals surface area contributed by atoms with E-state index in [-0.39, 0.29) is 11.7 Å². The number of hydrogen-bond acceptors (Lipinski definition) is 5. The number of benzene rings is 1. The quantitative estimate of drug-likeness (QED) is 0.514. The summed E-state index contributed by atoms with van der Waals surface area (Å²) in [5.74, 6) is 0.439. The van der Waals surface area contributed by atoms with Crippen molar-refractivity contribution in [3.05, 3.63) is 63.6 Å². The van der Waals surface area contributed by atoms with Crippen LogP contribution in [0.1, 0.15) is 39.0 Å². The second kappa shape index (κ2) is 5.61. The highest BCUT2D eigenvalue weighted by molar-refractivity contribution is 7.20. The van der Waals surface area contributed by atoms with E-state index < -0.39 is 0 Å². The van der Waals surface area contributed by atoms with Gasteiger partial charge in [0.1, 0.15) is 0 Å². The second-order valence-electron chi connectivity index (χ2n) is 6.33. The molecule has 0 N–H and O–H groups in total. The normalized spacial score (nSPS) is 17.2. The highest BCUT2D eigenvalue weighted by atomic mass is 32.1. The van der Waals surface area contributed by atoms with Crippen molar-refractivity contribution in [2.24, 2.45) is 0 Å². The van der Waals surface area contributed by atoms with Crippen LogP contribution in [0.4, 0.5) is 0 Å². The Morgan fingerprint density at radius 2 is 2.04 bits per heavy atom. The molecule has 0 amide bonds. The van der Waals surface area contributed by atoms with Crippen LogP contribution in [0.5, 0.6) is 0 Å². The maximum atomic E-state index is 12.8. The number of ketones is 1. The van der Waals surface area contributed by atoms with Crippen LogP contribution in [-0.2, 0) is 6.42 Å². The minimum atomic E-state index is 0.199. The molecule has 1 aliphatic rings. The minimum absolute atomic E-state index is 0.199. The fourth-order valence-electron chi connectivity index (χ4n) is 3.59. The lowest BCUT2D eigenvalue weighted by Gasteiger charge is -2.21. The van der Waals surface area contributed by atoms with Crippen molar-refractivity contribution in [1.29, 1.82) is 0 Å². The molecule has 4 aromatic rings. The van der Waals surface area contributed by atoms with Crippen molar-refractivity contribution < 1.29 is 4.79 Å². The van der Waals surface area contributed by atoms with Crippen molar-refractivity contribution >= 4 is 38.7 Å². The van der Waals surface area contributed by atoms with Gasteiger partial charge in [0.25, 0.3) is 0 Å². The van der Waals surface area contributed by atoms with Crippen LogP contribution < -0.4 is 0 Å². The van der Waals surface area contributed by atoms with Crippen molar-refractivity contribution in [3.8, 4) is 5.13 Å². The molecule has 0 radical (unpaired) electrons. The number of carbonyl (C=O) groups is 1. The van der Waals surface area contributed by atoms with E-state index in [0.717, 1.165) is 38.7 Å². The summed E-state index contributed by atoms with van der Waals surface area (Å²) >= 11 is 3.34. The summed E-state index contributed by atoms with van der Waals surface area (Å²) < 4.78 is 3.03. The van der Waals surface area contributed by atoms with Crippen molar-refractivity contribution in [2.75, 3.05) is 0 Å². The zero-order chi connectivity index (χ0) is 17.0. The van der Waals surface area contributed by atoms with Crippen LogP contribution in [0, 0.1) is 6.92 Å². The molecule has 0 bridgehead atoms. The second-order valence-corrected chi connectivity index (χ2v) is 8.32. The summed E-state index contributed by atoms with van der Waals surface area (Å²) in [4.78, 5) is 18.8. The average molecular weight is 365 g/mol. The van der Waals surface area contributed by atoms with Gasteiger partial charge in [-0.3, -0.25) is 4.79 Å². The van der Waals surface area contributed by atoms with Gasteiger partial charge in [0.2, 0.25) is 5.13 Å². The molecule has 3 heterocycles. The Hall–Kier alpha value is -2.31. The third-order valence-corrected chi connectivity index (χ3v) is 6.76. The number of para-hydroxylation sites is 1. The number of thiazole rings is 1. The smallest absolute Gasteiger partial charge is 0.211 e. The molecule has 0 fully saturated rings. The zero-order valence-electron chi connectivity index (χ0n) is 13.6. The molecule has 6 heteroatoms. The Balaban J connectivity index is 1.65. The minimum Gasteiger partial charge on any atom is -0.294 e. The van der Waals surface area contributed by atoms with Gasteiger partial charge in [-0.15, -0.1) is 11.3 Å². The number of hydrogen-bond donors (Lipinski definition) is 0. The van der Waals surface area contributed by atoms with Crippen LogP contribution in [-0.4, -0.2) is 20.5 Å². The third-order valence-electron chi connectivity index (χ3n) is 4.72. The maximum absolute atomic E-state index is 12.8. The number of carbonyl (C=O) groups excluding carboxylic acids is 1. The maximum Gasteiger partial charge on any atom is 0.211 e. The lowest BCUT2D eigenvalue weighted by atomic mass is 9.85. The topological polar surface area (TPSA) is 47.8 Å². The van der Waals surface area contributed by atoms with Gasteiger partial charge >= 0.3 is 0 Å². The van der Waals surface area contributed by atoms with Crippen LogP contribution in [0.25, 0.3) is 15.3 Å². The Kier molecular flexibility index (Phi) is 3.36. The largest absolute Gasteiger partial charge is 0.294 e. The van der Waals surface area contributed by atoms with E-state index >= 15 is 0 Å². The van der Waals surface area contributed by atoms with Crippen molar-refractivity contribution in [3.63, 3.8) is 0 Å². The Morgan fingerprint density at radius 1 is 1.16 bits per heavy atom. The lowest BCUT2D eigenvalue weighted by molar-refractivity contribution is 0.0963. The van der Waals surface area contributed by atoms with Gasteiger partial charge in [-0.2, -0.15) is 5.10 Å². The van der Waals surface area contributed by atoms with E-state index in [4.69, 9.17) is 4.98 Å². The van der Waals surface area contributed by atoms with Gasteiger partial charge in [-0.1, -0.05) is 29.5 Å². The SMILES string of the molecule is Cc1nn(-c2nc3ccccc3s2)c2c1C(=O)C[C@@H](c1cccs1)C2.